The highest BCUT2D eigenvalue weighted by atomic mass is 79.9. The zero-order valence-electron chi connectivity index (χ0n) is 10.9. The number of aryl methyl sites for hydroxylation is 2. The zero-order chi connectivity index (χ0) is 13.1. The topological polar surface area (TPSA) is 25.2 Å². The molecule has 2 heterocycles. The van der Waals surface area contributed by atoms with E-state index in [4.69, 9.17) is 4.42 Å². The lowest BCUT2D eigenvalue weighted by Gasteiger charge is -2.18. The summed E-state index contributed by atoms with van der Waals surface area (Å²) < 4.78 is 6.74. The van der Waals surface area contributed by atoms with Crippen molar-refractivity contribution in [2.75, 3.05) is 6.54 Å². The lowest BCUT2D eigenvalue weighted by molar-refractivity contribution is 0.502. The maximum atomic E-state index is 5.56. The first kappa shape index (κ1) is 13.8. The highest BCUT2D eigenvalue weighted by Gasteiger charge is 2.21. The molecule has 0 fully saturated rings. The molecule has 0 spiro atoms. The first-order chi connectivity index (χ1) is 8.67. The van der Waals surface area contributed by atoms with Crippen LogP contribution in [0.5, 0.6) is 0 Å². The fraction of sp³-hybridized carbons (Fsp3) is 0.429. The molecule has 0 aliphatic carbocycles. The third-order valence-corrected chi connectivity index (χ3v) is 4.63. The van der Waals surface area contributed by atoms with Crippen LogP contribution in [-0.4, -0.2) is 6.54 Å². The van der Waals surface area contributed by atoms with E-state index >= 15 is 0 Å². The van der Waals surface area contributed by atoms with Crippen LogP contribution in [0, 0.1) is 6.92 Å². The number of thiophene rings is 1. The smallest absolute Gasteiger partial charge is 0.108 e. The lowest BCUT2D eigenvalue weighted by atomic mass is 9.99. The molecule has 0 amide bonds. The Morgan fingerprint density at radius 2 is 2.17 bits per heavy atom. The quantitative estimate of drug-likeness (QED) is 0.862. The van der Waals surface area contributed by atoms with Crippen LogP contribution in [-0.2, 0) is 6.42 Å². The molecular formula is C14H18BrNOS. The van der Waals surface area contributed by atoms with Gasteiger partial charge in [-0.05, 0) is 47.1 Å². The molecule has 0 aromatic carbocycles. The van der Waals surface area contributed by atoms with Gasteiger partial charge in [-0.3, -0.25) is 0 Å². The minimum atomic E-state index is 0.228. The Balaban J connectivity index is 2.42. The molecule has 0 radical (unpaired) electrons. The van der Waals surface area contributed by atoms with Crippen molar-refractivity contribution < 1.29 is 4.42 Å². The van der Waals surface area contributed by atoms with Crippen molar-refractivity contribution in [3.8, 4) is 0 Å². The van der Waals surface area contributed by atoms with Gasteiger partial charge >= 0.3 is 0 Å². The van der Waals surface area contributed by atoms with Crippen molar-refractivity contribution >= 4 is 27.3 Å². The minimum absolute atomic E-state index is 0.228. The largest absolute Gasteiger partial charge is 0.469 e. The standard InChI is InChI=1S/C14H18BrNOS/c1-4-12-10(6-7-17-12)14(16-5-2)11-8-13(15)18-9(11)3/h6-8,14,16H,4-5H2,1-3H3. The molecule has 2 aromatic rings. The summed E-state index contributed by atoms with van der Waals surface area (Å²) in [6, 6.07) is 4.52. The third kappa shape index (κ3) is 2.71. The van der Waals surface area contributed by atoms with Crippen molar-refractivity contribution in [3.05, 3.63) is 43.9 Å². The second-order valence-corrected chi connectivity index (χ2v) is 6.84. The van der Waals surface area contributed by atoms with Crippen molar-refractivity contribution in [2.45, 2.75) is 33.2 Å². The summed E-state index contributed by atoms with van der Waals surface area (Å²) in [4.78, 5) is 1.34. The van der Waals surface area contributed by atoms with Crippen molar-refractivity contribution in [1.29, 1.82) is 0 Å². The van der Waals surface area contributed by atoms with E-state index in [0.29, 0.717) is 0 Å². The van der Waals surface area contributed by atoms with Crippen molar-refractivity contribution in [3.63, 3.8) is 0 Å². The van der Waals surface area contributed by atoms with Gasteiger partial charge in [0.25, 0.3) is 0 Å². The van der Waals surface area contributed by atoms with Gasteiger partial charge in [0, 0.05) is 16.9 Å². The summed E-state index contributed by atoms with van der Waals surface area (Å²) in [5, 5.41) is 3.56. The van der Waals surface area contributed by atoms with Gasteiger partial charge in [-0.2, -0.15) is 0 Å². The van der Waals surface area contributed by atoms with Crippen LogP contribution in [0.3, 0.4) is 0 Å². The van der Waals surface area contributed by atoms with E-state index in [2.05, 4.69) is 54.2 Å². The SMILES string of the molecule is CCNC(c1ccoc1CC)c1cc(Br)sc1C. The Bertz CT molecular complexity index is 518. The van der Waals surface area contributed by atoms with Crippen LogP contribution < -0.4 is 5.32 Å². The molecule has 18 heavy (non-hydrogen) atoms. The van der Waals surface area contributed by atoms with E-state index in [0.717, 1.165) is 18.7 Å². The normalized spacial score (nSPS) is 12.9. The molecule has 98 valence electrons. The van der Waals surface area contributed by atoms with E-state index in [9.17, 15) is 0 Å². The number of halogens is 1. The second-order valence-electron chi connectivity index (χ2n) is 4.21. The van der Waals surface area contributed by atoms with Gasteiger partial charge in [0.2, 0.25) is 0 Å². The lowest BCUT2D eigenvalue weighted by Crippen LogP contribution is -2.22. The molecular weight excluding hydrogens is 310 g/mol. The third-order valence-electron chi connectivity index (χ3n) is 3.06. The monoisotopic (exact) mass is 327 g/mol. The number of furan rings is 1. The van der Waals surface area contributed by atoms with E-state index in [-0.39, 0.29) is 6.04 Å². The zero-order valence-corrected chi connectivity index (χ0v) is 13.3. The maximum absolute atomic E-state index is 5.56. The second kappa shape index (κ2) is 6.04. The van der Waals surface area contributed by atoms with E-state index in [1.54, 1.807) is 17.6 Å². The number of nitrogens with one attached hydrogen (secondary N) is 1. The molecule has 1 N–H and O–H groups in total. The molecule has 0 aliphatic rings. The molecule has 0 saturated carbocycles. The minimum Gasteiger partial charge on any atom is -0.469 e. The molecule has 1 unspecified atom stereocenters. The number of rotatable bonds is 5. The average Bonchev–Trinajstić information content (AvgIpc) is 2.92. The van der Waals surface area contributed by atoms with Crippen molar-refractivity contribution in [1.82, 2.24) is 5.32 Å². The molecule has 1 atom stereocenters. The molecule has 0 aliphatic heterocycles. The van der Waals surface area contributed by atoms with E-state index < -0.39 is 0 Å². The predicted octanol–water partition coefficient (Wildman–Crippen LogP) is 4.67. The van der Waals surface area contributed by atoms with Gasteiger partial charge in [0.05, 0.1) is 16.1 Å². The number of hydrogen-bond donors (Lipinski definition) is 1. The molecule has 2 rings (SSSR count). The van der Waals surface area contributed by atoms with Crippen molar-refractivity contribution in [2.24, 2.45) is 0 Å². The van der Waals surface area contributed by atoms with Crippen LogP contribution in [0.4, 0.5) is 0 Å². The fourth-order valence-electron chi connectivity index (χ4n) is 2.23. The van der Waals surface area contributed by atoms with Crippen LogP contribution >= 0.6 is 27.3 Å². The summed E-state index contributed by atoms with van der Waals surface area (Å²) in [6.45, 7) is 7.36. The number of hydrogen-bond acceptors (Lipinski definition) is 3. The van der Waals surface area contributed by atoms with Gasteiger partial charge in [-0.15, -0.1) is 11.3 Å². The highest BCUT2D eigenvalue weighted by Crippen LogP contribution is 2.35. The van der Waals surface area contributed by atoms with Gasteiger partial charge in [0.1, 0.15) is 5.76 Å². The Hall–Kier alpha value is -0.580. The Labute approximate surface area is 121 Å². The molecule has 0 saturated heterocycles. The maximum Gasteiger partial charge on any atom is 0.108 e. The molecule has 2 aromatic heterocycles. The van der Waals surface area contributed by atoms with Gasteiger partial charge in [-0.25, -0.2) is 0 Å². The molecule has 2 nitrogen and oxygen atoms in total. The Morgan fingerprint density at radius 3 is 2.72 bits per heavy atom. The first-order valence-electron chi connectivity index (χ1n) is 6.22. The van der Waals surface area contributed by atoms with Crippen LogP contribution in [0.2, 0.25) is 0 Å². The summed E-state index contributed by atoms with van der Waals surface area (Å²) in [5.74, 6) is 1.07. The average molecular weight is 328 g/mol. The Kier molecular flexibility index (Phi) is 4.65. The summed E-state index contributed by atoms with van der Waals surface area (Å²) in [5.41, 5.74) is 2.59. The highest BCUT2D eigenvalue weighted by molar-refractivity contribution is 9.11. The summed E-state index contributed by atoms with van der Waals surface area (Å²) >= 11 is 5.35. The predicted molar refractivity (Wildman–Crippen MR) is 80.4 cm³/mol. The van der Waals surface area contributed by atoms with Crippen LogP contribution in [0.1, 0.15) is 41.7 Å². The van der Waals surface area contributed by atoms with Gasteiger partial charge < -0.3 is 9.73 Å². The first-order valence-corrected chi connectivity index (χ1v) is 7.83. The van der Waals surface area contributed by atoms with Gasteiger partial charge in [0.15, 0.2) is 0 Å². The van der Waals surface area contributed by atoms with E-state index in [1.807, 2.05) is 0 Å². The van der Waals surface area contributed by atoms with E-state index in [1.165, 1.54) is 19.8 Å². The summed E-state index contributed by atoms with van der Waals surface area (Å²) in [6.07, 6.45) is 2.71. The van der Waals surface area contributed by atoms with Crippen LogP contribution in [0.15, 0.2) is 26.6 Å². The Morgan fingerprint density at radius 1 is 1.39 bits per heavy atom. The molecule has 0 bridgehead atoms. The summed E-state index contributed by atoms with van der Waals surface area (Å²) in [7, 11) is 0. The van der Waals surface area contributed by atoms with Crippen LogP contribution in [0.25, 0.3) is 0 Å². The van der Waals surface area contributed by atoms with Gasteiger partial charge in [-0.1, -0.05) is 13.8 Å². The molecule has 4 heteroatoms. The fourth-order valence-corrected chi connectivity index (χ4v) is 3.98.